The van der Waals surface area contributed by atoms with Gasteiger partial charge in [-0.2, -0.15) is 5.48 Å². The number of methoxy groups -OCH3 is 1. The smallest absolute Gasteiger partial charge is 0.118 e. The van der Waals surface area contributed by atoms with Crippen LogP contribution in [-0.2, 0) is 4.84 Å². The van der Waals surface area contributed by atoms with Crippen molar-refractivity contribution in [2.24, 2.45) is 0 Å². The van der Waals surface area contributed by atoms with Crippen molar-refractivity contribution in [3.63, 3.8) is 0 Å². The monoisotopic (exact) mass is 223 g/mol. The number of ether oxygens (including phenoxy) is 1. The Kier molecular flexibility index (Phi) is 4.33. The number of hydrogen-bond acceptors (Lipinski definition) is 3. The van der Waals surface area contributed by atoms with Gasteiger partial charge in [-0.25, -0.2) is 0 Å². The van der Waals surface area contributed by atoms with E-state index in [2.05, 4.69) is 12.4 Å². The number of rotatable bonds is 4. The number of nitrogens with one attached hydrogen (secondary N) is 1. The van der Waals surface area contributed by atoms with Crippen LogP contribution in [0, 0.1) is 0 Å². The highest BCUT2D eigenvalue weighted by atomic mass is 16.7. The van der Waals surface area contributed by atoms with Gasteiger partial charge < -0.3 is 4.74 Å². The Morgan fingerprint density at radius 3 is 2.12 bits per heavy atom. The van der Waals surface area contributed by atoms with Crippen molar-refractivity contribution in [1.82, 2.24) is 5.48 Å². The largest absolute Gasteiger partial charge is 0.497 e. The summed E-state index contributed by atoms with van der Waals surface area (Å²) < 4.78 is 5.11. The first kappa shape index (κ1) is 13.0. The van der Waals surface area contributed by atoms with E-state index in [4.69, 9.17) is 9.57 Å². The lowest BCUT2D eigenvalue weighted by molar-refractivity contribution is -0.0866. The minimum Gasteiger partial charge on any atom is -0.497 e. The van der Waals surface area contributed by atoms with Crippen LogP contribution in [0.4, 0.5) is 0 Å². The van der Waals surface area contributed by atoms with Gasteiger partial charge in [0.2, 0.25) is 0 Å². The van der Waals surface area contributed by atoms with Crippen molar-refractivity contribution in [3.8, 4) is 5.75 Å². The van der Waals surface area contributed by atoms with Crippen LogP contribution in [0.3, 0.4) is 0 Å². The molecule has 90 valence electrons. The van der Waals surface area contributed by atoms with Crippen LogP contribution >= 0.6 is 0 Å². The van der Waals surface area contributed by atoms with Crippen LogP contribution < -0.4 is 10.2 Å². The molecule has 1 atom stereocenters. The van der Waals surface area contributed by atoms with Crippen LogP contribution in [-0.4, -0.2) is 12.7 Å². The molecule has 0 spiro atoms. The van der Waals surface area contributed by atoms with Crippen molar-refractivity contribution in [2.75, 3.05) is 7.11 Å². The van der Waals surface area contributed by atoms with Crippen LogP contribution in [0.25, 0.3) is 0 Å². The van der Waals surface area contributed by atoms with Gasteiger partial charge in [-0.3, -0.25) is 4.84 Å². The van der Waals surface area contributed by atoms with Crippen molar-refractivity contribution >= 4 is 0 Å². The quantitative estimate of drug-likeness (QED) is 0.796. The molecule has 1 N–H and O–H groups in total. The zero-order valence-electron chi connectivity index (χ0n) is 10.7. The molecule has 1 unspecified atom stereocenters. The SMILES string of the molecule is COc1ccc(C(C)NOC(C)(C)C)cc1. The van der Waals surface area contributed by atoms with E-state index in [1.165, 1.54) is 5.56 Å². The maximum atomic E-state index is 5.52. The molecule has 0 radical (unpaired) electrons. The Bertz CT molecular complexity index is 314. The second-order valence-corrected chi connectivity index (χ2v) is 4.83. The molecule has 0 aliphatic heterocycles. The fourth-order valence-electron chi connectivity index (χ4n) is 1.23. The van der Waals surface area contributed by atoms with E-state index >= 15 is 0 Å². The van der Waals surface area contributed by atoms with E-state index in [1.807, 2.05) is 45.0 Å². The molecule has 3 nitrogen and oxygen atoms in total. The normalized spacial score (nSPS) is 13.6. The summed E-state index contributed by atoms with van der Waals surface area (Å²) in [7, 11) is 1.67. The topological polar surface area (TPSA) is 30.5 Å². The maximum absolute atomic E-state index is 5.52. The van der Waals surface area contributed by atoms with Gasteiger partial charge in [0.1, 0.15) is 5.75 Å². The third kappa shape index (κ3) is 4.21. The third-order valence-corrected chi connectivity index (χ3v) is 2.16. The summed E-state index contributed by atoms with van der Waals surface area (Å²) in [5.41, 5.74) is 4.03. The summed E-state index contributed by atoms with van der Waals surface area (Å²) in [6.07, 6.45) is 0. The number of hydroxylamine groups is 1. The van der Waals surface area contributed by atoms with Gasteiger partial charge in [0, 0.05) is 0 Å². The average molecular weight is 223 g/mol. The summed E-state index contributed by atoms with van der Waals surface area (Å²) in [5.74, 6) is 0.868. The molecule has 0 aliphatic rings. The summed E-state index contributed by atoms with van der Waals surface area (Å²) in [6, 6.07) is 8.12. The third-order valence-electron chi connectivity index (χ3n) is 2.16. The second kappa shape index (κ2) is 5.32. The van der Waals surface area contributed by atoms with Crippen LogP contribution in [0.1, 0.15) is 39.3 Å². The molecule has 16 heavy (non-hydrogen) atoms. The number of hydrogen-bond donors (Lipinski definition) is 1. The van der Waals surface area contributed by atoms with Crippen molar-refractivity contribution < 1.29 is 9.57 Å². The molecular weight excluding hydrogens is 202 g/mol. The Morgan fingerprint density at radius 1 is 1.12 bits per heavy atom. The Hall–Kier alpha value is -1.06. The predicted octanol–water partition coefficient (Wildman–Crippen LogP) is 3.08. The first-order chi connectivity index (χ1) is 7.42. The molecule has 0 saturated carbocycles. The van der Waals surface area contributed by atoms with E-state index in [-0.39, 0.29) is 11.6 Å². The molecule has 3 heteroatoms. The van der Waals surface area contributed by atoms with Crippen LogP contribution in [0.15, 0.2) is 24.3 Å². The van der Waals surface area contributed by atoms with Crippen molar-refractivity contribution in [2.45, 2.75) is 39.3 Å². The molecule has 0 fully saturated rings. The lowest BCUT2D eigenvalue weighted by Gasteiger charge is -2.23. The number of benzene rings is 1. The Labute approximate surface area is 97.7 Å². The standard InChI is InChI=1S/C13H21NO2/c1-10(14-16-13(2,3)4)11-6-8-12(15-5)9-7-11/h6-10,14H,1-5H3. The summed E-state index contributed by atoms with van der Waals surface area (Å²) in [4.78, 5) is 5.52. The first-order valence-corrected chi connectivity index (χ1v) is 5.50. The molecule has 0 bridgehead atoms. The van der Waals surface area contributed by atoms with Gasteiger partial charge in [-0.05, 0) is 45.4 Å². The van der Waals surface area contributed by atoms with E-state index < -0.39 is 0 Å². The molecular formula is C13H21NO2. The van der Waals surface area contributed by atoms with Crippen molar-refractivity contribution in [1.29, 1.82) is 0 Å². The maximum Gasteiger partial charge on any atom is 0.118 e. The summed E-state index contributed by atoms with van der Waals surface area (Å²) in [5, 5.41) is 0. The average Bonchev–Trinajstić information content (AvgIpc) is 2.25. The summed E-state index contributed by atoms with van der Waals surface area (Å²) in [6.45, 7) is 8.11. The Balaban J connectivity index is 2.56. The molecule has 0 aromatic heterocycles. The highest BCUT2D eigenvalue weighted by Gasteiger charge is 2.13. The van der Waals surface area contributed by atoms with Gasteiger partial charge in [-0.1, -0.05) is 12.1 Å². The lowest BCUT2D eigenvalue weighted by atomic mass is 10.1. The van der Waals surface area contributed by atoms with Crippen LogP contribution in [0.2, 0.25) is 0 Å². The van der Waals surface area contributed by atoms with E-state index in [0.717, 1.165) is 5.75 Å². The van der Waals surface area contributed by atoms with Crippen LogP contribution in [0.5, 0.6) is 5.75 Å². The lowest BCUT2D eigenvalue weighted by Crippen LogP contribution is -2.30. The van der Waals surface area contributed by atoms with Gasteiger partial charge in [0.05, 0.1) is 18.8 Å². The molecule has 0 saturated heterocycles. The highest BCUT2D eigenvalue weighted by molar-refractivity contribution is 5.28. The van der Waals surface area contributed by atoms with Crippen molar-refractivity contribution in [3.05, 3.63) is 29.8 Å². The molecule has 1 aromatic rings. The molecule has 0 heterocycles. The fraction of sp³-hybridized carbons (Fsp3) is 0.538. The van der Waals surface area contributed by atoms with Gasteiger partial charge in [0.15, 0.2) is 0 Å². The zero-order valence-corrected chi connectivity index (χ0v) is 10.7. The second-order valence-electron chi connectivity index (χ2n) is 4.83. The minimum atomic E-state index is -0.180. The van der Waals surface area contributed by atoms with E-state index in [0.29, 0.717) is 0 Å². The first-order valence-electron chi connectivity index (χ1n) is 5.50. The predicted molar refractivity (Wildman–Crippen MR) is 65.4 cm³/mol. The fourth-order valence-corrected chi connectivity index (χ4v) is 1.23. The van der Waals surface area contributed by atoms with E-state index in [9.17, 15) is 0 Å². The van der Waals surface area contributed by atoms with Gasteiger partial charge in [0.25, 0.3) is 0 Å². The molecule has 1 rings (SSSR count). The zero-order chi connectivity index (χ0) is 12.2. The molecule has 0 aliphatic carbocycles. The summed E-state index contributed by atoms with van der Waals surface area (Å²) >= 11 is 0. The van der Waals surface area contributed by atoms with Gasteiger partial charge >= 0.3 is 0 Å². The Morgan fingerprint density at radius 2 is 1.69 bits per heavy atom. The highest BCUT2D eigenvalue weighted by Crippen LogP contribution is 2.18. The minimum absolute atomic E-state index is 0.158. The molecule has 1 aromatic carbocycles. The van der Waals surface area contributed by atoms with E-state index in [1.54, 1.807) is 7.11 Å². The van der Waals surface area contributed by atoms with Gasteiger partial charge in [-0.15, -0.1) is 0 Å². The molecule has 0 amide bonds.